The van der Waals surface area contributed by atoms with Crippen LogP contribution in [0.2, 0.25) is 0 Å². The first-order valence-corrected chi connectivity index (χ1v) is 42.1. The molecule has 0 atom stereocenters. The zero-order valence-corrected chi connectivity index (χ0v) is 72.3. The van der Waals surface area contributed by atoms with Crippen molar-refractivity contribution in [3.05, 3.63) is 12.3 Å². The largest absolute Gasteiger partial charge is 0.396 e. The number of aliphatic hydroxyl groups is 1. The predicted molar refractivity (Wildman–Crippen MR) is 434 cm³/mol. The average molecular weight is 1630 g/mol. The van der Waals surface area contributed by atoms with Crippen LogP contribution in [-0.2, 0) is 119 Å². The van der Waals surface area contributed by atoms with Crippen LogP contribution in [0.15, 0.2) is 12.3 Å². The number of carbonyl (C=O) groups excluding carboxylic acids is 6. The number of nitrogens with one attached hydrogen (secondary N) is 2. The van der Waals surface area contributed by atoms with Gasteiger partial charge < -0.3 is 111 Å². The lowest BCUT2D eigenvalue weighted by Crippen LogP contribution is -2.42. The molecule has 0 aliphatic carbocycles. The van der Waals surface area contributed by atoms with Gasteiger partial charge in [0.1, 0.15) is 23.1 Å². The molecule has 3 N–H and O–H groups in total. The van der Waals surface area contributed by atoms with Gasteiger partial charge in [-0.25, -0.2) is 0 Å². The summed E-state index contributed by atoms with van der Waals surface area (Å²) in [4.78, 5) is 80.5. The normalized spacial score (nSPS) is 12.2. The van der Waals surface area contributed by atoms with E-state index in [1.54, 1.807) is 4.90 Å². The Hall–Kier alpha value is -3.64. The lowest BCUT2D eigenvalue weighted by molar-refractivity contribution is -0.132. The molecule has 0 radical (unpaired) electrons. The Morgan fingerprint density at radius 3 is 1.00 bits per heavy atom. The number of Topliss-reactive ketones (excluding diaryl/α,β-unsaturated/α-hetero) is 4. The van der Waals surface area contributed by atoms with E-state index in [1.165, 1.54) is 0 Å². The second kappa shape index (κ2) is 75.8. The van der Waals surface area contributed by atoms with Crippen LogP contribution in [-0.4, -0.2) is 325 Å². The number of aliphatic hydroxyl groups excluding tert-OH is 1. The van der Waals surface area contributed by atoms with Gasteiger partial charge in [-0.3, -0.25) is 28.8 Å². The number of ketones is 4. The van der Waals surface area contributed by atoms with Crippen molar-refractivity contribution in [2.24, 2.45) is 5.41 Å². The van der Waals surface area contributed by atoms with E-state index in [0.29, 0.717) is 236 Å². The summed E-state index contributed by atoms with van der Waals surface area (Å²) in [6.07, 6.45) is 9.44. The van der Waals surface area contributed by atoms with Crippen LogP contribution in [0.4, 0.5) is 0 Å². The molecule has 0 aromatic rings. The standard InChI is InChI=1S/C84H159N3O26/c1-73(2)110-47-15-13-14-23-74(3)85-33-35-87(80(94)27-16-37-88)36-34-86-79(93)29-28-78(92)69-84(70-107-44-20-41-95-48-30-75(89)24-17-38-98-51-54-101-57-60-104-63-66-111-81(4,5)6,71-108-45-21-42-96-49-31-76(90)25-18-39-99-52-55-102-58-61-105-64-67-112-82(7,8)9)72-109-46-22-43-97-50-32-77(91)26-19-40-100-53-56-103-59-62-106-65-68-113-83(10,11)12/h73,85,88H,3,13-72H2,1-2,4-12H3,(H,86,93). The van der Waals surface area contributed by atoms with Crippen LogP contribution in [0.5, 0.6) is 0 Å². The zero-order chi connectivity index (χ0) is 83.5. The van der Waals surface area contributed by atoms with E-state index in [-0.39, 0.29) is 182 Å². The van der Waals surface area contributed by atoms with E-state index in [2.05, 4.69) is 17.2 Å². The number of allylic oxidation sites excluding steroid dienone is 1. The van der Waals surface area contributed by atoms with Crippen molar-refractivity contribution in [3.8, 4) is 0 Å². The summed E-state index contributed by atoms with van der Waals surface area (Å²) in [6, 6.07) is 0. The van der Waals surface area contributed by atoms with Gasteiger partial charge in [0.25, 0.3) is 0 Å². The molecule has 0 aliphatic heterocycles. The molecular formula is C84H159N3O26. The van der Waals surface area contributed by atoms with E-state index in [9.17, 15) is 33.9 Å². The first kappa shape index (κ1) is 109. The third-order valence-corrected chi connectivity index (χ3v) is 16.4. The van der Waals surface area contributed by atoms with Crippen molar-refractivity contribution in [3.63, 3.8) is 0 Å². The molecule has 0 aromatic carbocycles. The highest BCUT2D eigenvalue weighted by Gasteiger charge is 2.35. The first-order valence-electron chi connectivity index (χ1n) is 42.1. The summed E-state index contributed by atoms with van der Waals surface area (Å²) in [5.74, 6) is -0.457. The van der Waals surface area contributed by atoms with Crippen molar-refractivity contribution < 1.29 is 124 Å². The molecule has 0 bridgehead atoms. The van der Waals surface area contributed by atoms with E-state index in [1.807, 2.05) is 76.2 Å². The topological polar surface area (TPSA) is 325 Å². The quantitative estimate of drug-likeness (QED) is 0.0477. The van der Waals surface area contributed by atoms with Crippen LogP contribution in [0.25, 0.3) is 0 Å². The molecule has 0 spiro atoms. The van der Waals surface area contributed by atoms with E-state index in [4.69, 9.17) is 90.0 Å². The second-order valence-electron chi connectivity index (χ2n) is 31.2. The summed E-state index contributed by atoms with van der Waals surface area (Å²) >= 11 is 0. The minimum absolute atomic E-state index is 0.0389. The van der Waals surface area contributed by atoms with Crippen molar-refractivity contribution in [2.45, 2.75) is 234 Å². The van der Waals surface area contributed by atoms with Gasteiger partial charge in [0.2, 0.25) is 11.8 Å². The maximum absolute atomic E-state index is 14.2. The molecule has 0 saturated heterocycles. The van der Waals surface area contributed by atoms with Gasteiger partial charge in [0.05, 0.1) is 181 Å². The number of amides is 2. The SMILES string of the molecule is C=C(CCCCCOC(C)C)NCCN(CCNC(=O)CCC(=O)CC(COCCCOCCC(=O)CCCOCCOCCOCCOC(C)(C)C)(COCCCOCCC(=O)CCCOCCOCCOCCOC(C)(C)C)COCCCOCCC(=O)CCCOCCOCCOCCOC(C)(C)C)C(=O)CCCO. The number of nitrogens with zero attached hydrogens (tertiary/aromatic N) is 1. The van der Waals surface area contributed by atoms with Crippen LogP contribution < -0.4 is 10.6 Å². The molecule has 0 fully saturated rings. The number of hydrogen-bond donors (Lipinski definition) is 3. The minimum atomic E-state index is -0.993. The molecule has 0 unspecified atom stereocenters. The van der Waals surface area contributed by atoms with Crippen molar-refractivity contribution in [2.75, 3.05) is 257 Å². The van der Waals surface area contributed by atoms with Crippen molar-refractivity contribution in [1.29, 1.82) is 0 Å². The monoisotopic (exact) mass is 1630 g/mol. The highest BCUT2D eigenvalue weighted by molar-refractivity contribution is 5.85. The Morgan fingerprint density at radius 1 is 0.319 bits per heavy atom. The molecule has 29 heteroatoms. The van der Waals surface area contributed by atoms with Gasteiger partial charge in [-0.2, -0.15) is 0 Å². The first-order chi connectivity index (χ1) is 54.2. The van der Waals surface area contributed by atoms with E-state index < -0.39 is 5.41 Å². The highest BCUT2D eigenvalue weighted by Crippen LogP contribution is 2.27. The lowest BCUT2D eigenvalue weighted by atomic mass is 9.84. The minimum Gasteiger partial charge on any atom is -0.396 e. The average Bonchev–Trinajstić information content (AvgIpc) is 0.854. The Bertz CT molecular complexity index is 2100. The molecule has 0 heterocycles. The molecule has 0 saturated carbocycles. The van der Waals surface area contributed by atoms with Crippen LogP contribution >= 0.6 is 0 Å². The predicted octanol–water partition coefficient (Wildman–Crippen LogP) is 9.60. The van der Waals surface area contributed by atoms with Gasteiger partial charge in [-0.1, -0.05) is 13.0 Å². The zero-order valence-electron chi connectivity index (χ0n) is 72.3. The summed E-state index contributed by atoms with van der Waals surface area (Å²) in [7, 11) is 0. The molecule has 666 valence electrons. The Labute approximate surface area is 680 Å². The highest BCUT2D eigenvalue weighted by atomic mass is 16.6. The molecule has 29 nitrogen and oxygen atoms in total. The van der Waals surface area contributed by atoms with Crippen LogP contribution in [0.3, 0.4) is 0 Å². The fourth-order valence-electron chi connectivity index (χ4n) is 10.5. The molecule has 2 amide bonds. The summed E-state index contributed by atoms with van der Waals surface area (Å²) in [5.41, 5.74) is -0.711. The second-order valence-corrected chi connectivity index (χ2v) is 31.2. The lowest BCUT2D eigenvalue weighted by Gasteiger charge is -2.33. The molecule has 0 aliphatic rings. The summed E-state index contributed by atoms with van der Waals surface area (Å²) < 4.78 is 109. The number of carbonyl (C=O) groups is 6. The van der Waals surface area contributed by atoms with Gasteiger partial charge in [-0.15, -0.1) is 0 Å². The number of ether oxygens (including phenoxy) is 19. The number of unbranched alkanes of at least 4 members (excludes halogenated alkanes) is 2. The number of rotatable bonds is 88. The van der Waals surface area contributed by atoms with Crippen molar-refractivity contribution >= 4 is 34.9 Å². The number of hydrogen-bond acceptors (Lipinski definition) is 27. The van der Waals surface area contributed by atoms with Crippen molar-refractivity contribution in [1.82, 2.24) is 15.5 Å². The molecular weight excluding hydrogens is 1470 g/mol. The van der Waals surface area contributed by atoms with Gasteiger partial charge in [-0.05, 0) is 140 Å². The smallest absolute Gasteiger partial charge is 0.222 e. The van der Waals surface area contributed by atoms with Gasteiger partial charge in [0, 0.05) is 174 Å². The third-order valence-electron chi connectivity index (χ3n) is 16.4. The summed E-state index contributed by atoms with van der Waals surface area (Å²) in [6.45, 7) is 40.7. The third kappa shape index (κ3) is 81.9. The maximum Gasteiger partial charge on any atom is 0.222 e. The summed E-state index contributed by atoms with van der Waals surface area (Å²) in [5, 5.41) is 15.7. The molecule has 0 rings (SSSR count). The van der Waals surface area contributed by atoms with Crippen LogP contribution in [0.1, 0.15) is 211 Å². The molecule has 0 aromatic heterocycles. The Morgan fingerprint density at radius 2 is 0.646 bits per heavy atom. The van der Waals surface area contributed by atoms with E-state index >= 15 is 0 Å². The Kier molecular flexibility index (Phi) is 73.4. The fraction of sp³-hybridized carbons (Fsp3) is 0.905. The van der Waals surface area contributed by atoms with Gasteiger partial charge in [0.15, 0.2) is 0 Å². The molecule has 113 heavy (non-hydrogen) atoms. The van der Waals surface area contributed by atoms with E-state index in [0.717, 1.165) is 38.0 Å². The maximum atomic E-state index is 14.2. The van der Waals surface area contributed by atoms with Crippen LogP contribution in [0, 0.1) is 5.41 Å². The fourth-order valence-corrected chi connectivity index (χ4v) is 10.5. The Balaban J connectivity index is 5.76. The van der Waals surface area contributed by atoms with Gasteiger partial charge >= 0.3 is 0 Å².